The number of carbonyl (C=O) groups excluding carboxylic acids is 1. The van der Waals surface area contributed by atoms with E-state index in [4.69, 9.17) is 18.5 Å². The molecule has 6 unspecified atom stereocenters. The fraction of sp³-hybridized carbons (Fsp3) is 0.900. The van der Waals surface area contributed by atoms with Crippen molar-refractivity contribution in [2.75, 3.05) is 19.8 Å². The largest absolute Gasteiger partial charge is 0.472 e. The molecule has 0 aliphatic heterocycles. The minimum atomic E-state index is -5.02. The van der Waals surface area contributed by atoms with E-state index in [1.54, 1.807) is 0 Å². The first-order chi connectivity index (χ1) is 30.5. The Bertz CT molecular complexity index is 1140. The van der Waals surface area contributed by atoms with Crippen molar-refractivity contribution in [3.63, 3.8) is 0 Å². The Morgan fingerprint density at radius 1 is 0.508 bits per heavy atom. The van der Waals surface area contributed by atoms with Crippen molar-refractivity contribution in [1.29, 1.82) is 0 Å². The van der Waals surface area contributed by atoms with E-state index in [-0.39, 0.29) is 13.0 Å². The zero-order valence-electron chi connectivity index (χ0n) is 39.9. The van der Waals surface area contributed by atoms with Crippen LogP contribution in [0.25, 0.3) is 0 Å². The van der Waals surface area contributed by atoms with Crippen molar-refractivity contribution in [2.24, 2.45) is 0 Å². The number of rotatable bonds is 44. The molecule has 0 bridgehead atoms. The van der Waals surface area contributed by atoms with Crippen LogP contribution in [0.1, 0.15) is 226 Å². The molecular formula is C50H95O12P. The highest BCUT2D eigenvalue weighted by atomic mass is 31.2. The average Bonchev–Trinajstić information content (AvgIpc) is 3.27. The monoisotopic (exact) mass is 919 g/mol. The van der Waals surface area contributed by atoms with Crippen molar-refractivity contribution in [2.45, 2.75) is 268 Å². The lowest BCUT2D eigenvalue weighted by molar-refractivity contribution is -0.220. The molecule has 1 aliphatic rings. The number of ether oxygens (including phenoxy) is 2. The molecule has 0 aromatic heterocycles. The zero-order valence-corrected chi connectivity index (χ0v) is 40.8. The number of hydrogen-bond donors (Lipinski definition) is 6. The smallest absolute Gasteiger partial charge is 0.457 e. The average molecular weight is 919 g/mol. The van der Waals surface area contributed by atoms with E-state index in [9.17, 15) is 39.8 Å². The summed E-state index contributed by atoms with van der Waals surface area (Å²) in [4.78, 5) is 23.2. The number of phosphoric acid groups is 1. The van der Waals surface area contributed by atoms with Crippen molar-refractivity contribution >= 4 is 13.8 Å². The predicted octanol–water partition coefficient (Wildman–Crippen LogP) is 11.3. The van der Waals surface area contributed by atoms with Gasteiger partial charge in [-0.3, -0.25) is 13.8 Å². The summed E-state index contributed by atoms with van der Waals surface area (Å²) in [6.45, 7) is 4.26. The van der Waals surface area contributed by atoms with E-state index in [1.165, 1.54) is 141 Å². The summed E-state index contributed by atoms with van der Waals surface area (Å²) < 4.78 is 34.3. The van der Waals surface area contributed by atoms with Gasteiger partial charge in [0.15, 0.2) is 0 Å². The number of carbonyl (C=O) groups is 1. The first-order valence-corrected chi connectivity index (χ1v) is 27.2. The third-order valence-electron chi connectivity index (χ3n) is 12.1. The Balaban J connectivity index is 2.34. The molecule has 12 nitrogen and oxygen atoms in total. The molecule has 0 radical (unpaired) electrons. The van der Waals surface area contributed by atoms with E-state index in [0.29, 0.717) is 13.0 Å². The molecule has 0 spiro atoms. The molecule has 372 valence electrons. The topological polar surface area (TPSA) is 192 Å². The number of hydrogen-bond acceptors (Lipinski definition) is 11. The predicted molar refractivity (Wildman–Crippen MR) is 253 cm³/mol. The maximum atomic E-state index is 12.8. The fourth-order valence-corrected chi connectivity index (χ4v) is 8.95. The van der Waals surface area contributed by atoms with Crippen LogP contribution in [0.3, 0.4) is 0 Å². The molecule has 1 saturated carbocycles. The second-order valence-electron chi connectivity index (χ2n) is 18.0. The Morgan fingerprint density at radius 2 is 0.889 bits per heavy atom. The van der Waals surface area contributed by atoms with Gasteiger partial charge in [0.05, 0.1) is 13.2 Å². The van der Waals surface area contributed by atoms with E-state index in [0.717, 1.165) is 57.8 Å². The Kier molecular flexibility index (Phi) is 39.0. The normalized spacial score (nSPS) is 22.0. The summed E-state index contributed by atoms with van der Waals surface area (Å²) >= 11 is 0. The van der Waals surface area contributed by atoms with Crippen molar-refractivity contribution < 1.29 is 58.3 Å². The van der Waals surface area contributed by atoms with Crippen LogP contribution < -0.4 is 0 Å². The molecule has 1 aliphatic carbocycles. The lowest BCUT2D eigenvalue weighted by atomic mass is 9.85. The summed E-state index contributed by atoms with van der Waals surface area (Å²) in [6, 6.07) is 0. The van der Waals surface area contributed by atoms with Crippen molar-refractivity contribution in [3.8, 4) is 0 Å². The summed E-state index contributed by atoms with van der Waals surface area (Å²) in [6.07, 6.45) is 35.2. The maximum absolute atomic E-state index is 12.8. The van der Waals surface area contributed by atoms with Gasteiger partial charge in [-0.05, 0) is 44.9 Å². The van der Waals surface area contributed by atoms with Gasteiger partial charge in [-0.1, -0.05) is 199 Å². The third-order valence-corrected chi connectivity index (χ3v) is 13.1. The fourth-order valence-electron chi connectivity index (χ4n) is 7.98. The summed E-state index contributed by atoms with van der Waals surface area (Å²) in [7, 11) is -5.02. The van der Waals surface area contributed by atoms with Gasteiger partial charge in [0.25, 0.3) is 0 Å². The van der Waals surface area contributed by atoms with Crippen LogP contribution in [0.5, 0.6) is 0 Å². The van der Waals surface area contributed by atoms with Crippen molar-refractivity contribution in [3.05, 3.63) is 24.3 Å². The second-order valence-corrected chi connectivity index (χ2v) is 19.4. The molecule has 0 amide bonds. The van der Waals surface area contributed by atoms with E-state index >= 15 is 0 Å². The zero-order chi connectivity index (χ0) is 46.2. The quantitative estimate of drug-likeness (QED) is 0.0147. The van der Waals surface area contributed by atoms with Crippen LogP contribution in [-0.4, -0.2) is 98.9 Å². The van der Waals surface area contributed by atoms with E-state index < -0.39 is 63.1 Å². The SMILES string of the molecule is CCCCC/C=C\C/C=C\CCCCCCCCCCOCC(COP(=O)(O)OC1C(O)C(O)C(O)C(O)C1O)OC(=O)CCCCCCCCCCCCCCCCCCCC. The van der Waals surface area contributed by atoms with E-state index in [1.807, 2.05) is 0 Å². The standard InChI is InChI=1S/C50H95O12P/c1-3-5-7-9-11-13-15-17-19-21-23-25-27-29-31-33-35-37-39-44(51)61-43(42-60-63(57,58)62-50-48(55)46(53)45(52)47(54)49(50)56)41-59-40-38-36-34-32-30-28-26-24-22-20-18-16-14-12-10-8-6-4-2/h12,14,18,20,43,45-50,52-56H,3-11,13,15-17,19,21-42H2,1-2H3,(H,57,58)/b14-12-,20-18-. The van der Waals surface area contributed by atoms with Crippen LogP contribution in [0, 0.1) is 0 Å². The first-order valence-electron chi connectivity index (χ1n) is 25.7. The molecule has 1 fully saturated rings. The van der Waals surface area contributed by atoms with Crippen LogP contribution in [0.4, 0.5) is 0 Å². The molecule has 6 N–H and O–H groups in total. The summed E-state index contributed by atoms with van der Waals surface area (Å²) in [5.41, 5.74) is 0. The highest BCUT2D eigenvalue weighted by Gasteiger charge is 2.51. The van der Waals surface area contributed by atoms with Gasteiger partial charge in [0, 0.05) is 13.0 Å². The summed E-state index contributed by atoms with van der Waals surface area (Å²) in [5.74, 6) is -0.475. The van der Waals surface area contributed by atoms with E-state index in [2.05, 4.69) is 38.2 Å². The van der Waals surface area contributed by atoms with Gasteiger partial charge in [-0.2, -0.15) is 0 Å². The van der Waals surface area contributed by atoms with Gasteiger partial charge in [-0.15, -0.1) is 0 Å². The number of esters is 1. The molecule has 6 atom stereocenters. The summed E-state index contributed by atoms with van der Waals surface area (Å²) in [5, 5.41) is 50.3. The minimum Gasteiger partial charge on any atom is -0.457 e. The maximum Gasteiger partial charge on any atom is 0.472 e. The first kappa shape index (κ1) is 59.8. The van der Waals surface area contributed by atoms with Gasteiger partial charge in [0.2, 0.25) is 0 Å². The van der Waals surface area contributed by atoms with Gasteiger partial charge in [0.1, 0.15) is 42.7 Å². The molecule has 63 heavy (non-hydrogen) atoms. The number of aliphatic hydroxyl groups is 5. The highest BCUT2D eigenvalue weighted by molar-refractivity contribution is 7.47. The van der Waals surface area contributed by atoms with Gasteiger partial charge in [-0.25, -0.2) is 4.57 Å². The Labute approximate surface area is 383 Å². The highest BCUT2D eigenvalue weighted by Crippen LogP contribution is 2.47. The molecule has 13 heteroatoms. The van der Waals surface area contributed by atoms with Crippen LogP contribution in [0.15, 0.2) is 24.3 Å². The molecule has 0 saturated heterocycles. The molecular weight excluding hydrogens is 824 g/mol. The second kappa shape index (κ2) is 41.0. The number of unbranched alkanes of at least 4 members (excludes halogenated alkanes) is 28. The third kappa shape index (κ3) is 33.0. The van der Waals surface area contributed by atoms with Crippen LogP contribution in [0.2, 0.25) is 0 Å². The van der Waals surface area contributed by atoms with Gasteiger partial charge >= 0.3 is 13.8 Å². The Hall–Kier alpha value is -1.18. The molecule has 1 rings (SSSR count). The van der Waals surface area contributed by atoms with Crippen LogP contribution >= 0.6 is 7.82 Å². The molecule has 0 aromatic rings. The number of aliphatic hydroxyl groups excluding tert-OH is 5. The lowest BCUT2D eigenvalue weighted by Crippen LogP contribution is -2.64. The lowest BCUT2D eigenvalue weighted by Gasteiger charge is -2.41. The number of allylic oxidation sites excluding steroid dienone is 4. The molecule has 0 heterocycles. The molecule has 0 aromatic carbocycles. The van der Waals surface area contributed by atoms with Gasteiger partial charge < -0.3 is 39.9 Å². The number of phosphoric ester groups is 1. The minimum absolute atomic E-state index is 0.0765. The Morgan fingerprint density at radius 3 is 1.37 bits per heavy atom. The van der Waals surface area contributed by atoms with Crippen LogP contribution in [-0.2, 0) is 27.9 Å². The van der Waals surface area contributed by atoms with Crippen molar-refractivity contribution in [1.82, 2.24) is 0 Å².